The average molecular weight is 355 g/mol. The summed E-state index contributed by atoms with van der Waals surface area (Å²) in [6.07, 6.45) is 15.2. The Bertz CT molecular complexity index is 646. The van der Waals surface area contributed by atoms with E-state index in [1.807, 2.05) is 17.0 Å². The molecule has 1 aliphatic heterocycles. The summed E-state index contributed by atoms with van der Waals surface area (Å²) in [7, 11) is 0. The number of aromatic carboxylic acids is 1. The number of carboxylic acids is 1. The van der Waals surface area contributed by atoms with Crippen molar-refractivity contribution in [2.45, 2.75) is 57.9 Å². The number of amides is 1. The van der Waals surface area contributed by atoms with Gasteiger partial charge in [-0.1, -0.05) is 56.2 Å². The molecule has 1 saturated heterocycles. The van der Waals surface area contributed by atoms with E-state index in [1.54, 1.807) is 12.1 Å². The van der Waals surface area contributed by atoms with Crippen molar-refractivity contribution in [3.8, 4) is 0 Å². The number of nitrogens with zero attached hydrogens (tertiary/aromatic N) is 1. The molecule has 0 aliphatic carbocycles. The number of allylic oxidation sites excluding steroid dienone is 3. The lowest BCUT2D eigenvalue weighted by Crippen LogP contribution is -2.32. The van der Waals surface area contributed by atoms with E-state index < -0.39 is 5.97 Å². The smallest absolute Gasteiger partial charge is 0.335 e. The number of hydrogen-bond donors (Lipinski definition) is 1. The molecular formula is C22H29NO3. The van der Waals surface area contributed by atoms with Gasteiger partial charge >= 0.3 is 5.97 Å². The minimum atomic E-state index is -0.905. The van der Waals surface area contributed by atoms with Gasteiger partial charge in [0, 0.05) is 13.0 Å². The third-order valence-corrected chi connectivity index (χ3v) is 4.74. The molecule has 1 heterocycles. The van der Waals surface area contributed by atoms with Crippen LogP contribution in [-0.2, 0) is 11.2 Å². The van der Waals surface area contributed by atoms with Gasteiger partial charge in [-0.15, -0.1) is 0 Å². The molecule has 4 nitrogen and oxygen atoms in total. The minimum absolute atomic E-state index is 0.202. The summed E-state index contributed by atoms with van der Waals surface area (Å²) in [4.78, 5) is 25.0. The summed E-state index contributed by atoms with van der Waals surface area (Å²) >= 11 is 0. The third kappa shape index (κ3) is 6.17. The molecule has 0 radical (unpaired) electrons. The standard InChI is InChI=1S/C22H29NO3/c1-2-3-4-5-6-7-10-20-15-16-21(24)23(20)17-8-9-18-11-13-19(14-12-18)22(25)26/h5-7,10-14,20H,2-4,8-9,15-17H2,1H3,(H,25,26)/b6-5?,10-7-/t20-/m0/s1. The van der Waals surface area contributed by atoms with Crippen LogP contribution >= 0.6 is 0 Å². The van der Waals surface area contributed by atoms with Crippen LogP contribution < -0.4 is 0 Å². The number of likely N-dealkylation sites (tertiary alicyclic amines) is 1. The highest BCUT2D eigenvalue weighted by atomic mass is 16.4. The first kappa shape index (κ1) is 20.0. The Morgan fingerprint density at radius 3 is 2.69 bits per heavy atom. The van der Waals surface area contributed by atoms with Crippen LogP contribution in [0.1, 0.15) is 61.4 Å². The Kier molecular flexibility index (Phi) is 8.13. The fraction of sp³-hybridized carbons (Fsp3) is 0.455. The Morgan fingerprint density at radius 1 is 1.23 bits per heavy atom. The van der Waals surface area contributed by atoms with Crippen molar-refractivity contribution in [2.24, 2.45) is 0 Å². The molecule has 2 rings (SSSR count). The first-order valence-electron chi connectivity index (χ1n) is 9.57. The van der Waals surface area contributed by atoms with E-state index in [4.69, 9.17) is 5.11 Å². The molecule has 1 aromatic carbocycles. The molecule has 140 valence electrons. The molecule has 1 fully saturated rings. The number of hydrogen-bond acceptors (Lipinski definition) is 2. The van der Waals surface area contributed by atoms with Crippen molar-refractivity contribution in [1.29, 1.82) is 0 Å². The molecule has 26 heavy (non-hydrogen) atoms. The van der Waals surface area contributed by atoms with E-state index in [2.05, 4.69) is 31.2 Å². The van der Waals surface area contributed by atoms with E-state index in [0.717, 1.165) is 37.8 Å². The maximum absolute atomic E-state index is 12.1. The Balaban J connectivity index is 1.80. The summed E-state index contributed by atoms with van der Waals surface area (Å²) < 4.78 is 0. The maximum Gasteiger partial charge on any atom is 0.335 e. The Labute approximate surface area is 156 Å². The maximum atomic E-state index is 12.1. The van der Waals surface area contributed by atoms with E-state index in [9.17, 15) is 9.59 Å². The number of unbranched alkanes of at least 4 members (excludes halogenated alkanes) is 2. The number of benzene rings is 1. The summed E-state index contributed by atoms with van der Waals surface area (Å²) in [5.41, 5.74) is 1.41. The van der Waals surface area contributed by atoms with Crippen molar-refractivity contribution in [2.75, 3.05) is 6.54 Å². The van der Waals surface area contributed by atoms with Gasteiger partial charge in [-0.3, -0.25) is 4.79 Å². The molecule has 1 amide bonds. The highest BCUT2D eigenvalue weighted by Gasteiger charge is 2.28. The molecule has 0 unspecified atom stereocenters. The molecule has 1 atom stereocenters. The van der Waals surface area contributed by atoms with Gasteiger partial charge in [-0.05, 0) is 43.4 Å². The molecular weight excluding hydrogens is 326 g/mol. The molecule has 0 aromatic heterocycles. The summed E-state index contributed by atoms with van der Waals surface area (Å²) in [6.45, 7) is 2.93. The number of rotatable bonds is 10. The molecule has 1 aromatic rings. The van der Waals surface area contributed by atoms with Gasteiger partial charge in [0.15, 0.2) is 0 Å². The van der Waals surface area contributed by atoms with Gasteiger partial charge in [0.1, 0.15) is 0 Å². The fourth-order valence-corrected chi connectivity index (χ4v) is 3.20. The Morgan fingerprint density at radius 2 is 2.00 bits per heavy atom. The molecule has 1 N–H and O–H groups in total. The molecule has 0 spiro atoms. The first-order valence-corrected chi connectivity index (χ1v) is 9.57. The lowest BCUT2D eigenvalue weighted by molar-refractivity contribution is -0.128. The zero-order valence-corrected chi connectivity index (χ0v) is 15.6. The monoisotopic (exact) mass is 355 g/mol. The van der Waals surface area contributed by atoms with Crippen molar-refractivity contribution in [3.05, 3.63) is 59.7 Å². The quantitative estimate of drug-likeness (QED) is 0.492. The fourth-order valence-electron chi connectivity index (χ4n) is 3.20. The van der Waals surface area contributed by atoms with Crippen LogP contribution in [-0.4, -0.2) is 34.5 Å². The highest BCUT2D eigenvalue weighted by Crippen LogP contribution is 2.20. The minimum Gasteiger partial charge on any atom is -0.478 e. The normalized spacial score (nSPS) is 17.7. The lowest BCUT2D eigenvalue weighted by Gasteiger charge is -2.22. The van der Waals surface area contributed by atoms with Crippen LogP contribution in [0.4, 0.5) is 0 Å². The number of carboxylic acid groups (broad SMARTS) is 1. The first-order chi connectivity index (χ1) is 12.6. The Hall–Kier alpha value is -2.36. The van der Waals surface area contributed by atoms with Crippen molar-refractivity contribution in [3.63, 3.8) is 0 Å². The predicted octanol–water partition coefficient (Wildman–Crippen LogP) is 4.61. The lowest BCUT2D eigenvalue weighted by atomic mass is 10.1. The van der Waals surface area contributed by atoms with E-state index >= 15 is 0 Å². The van der Waals surface area contributed by atoms with Crippen LogP contribution in [0, 0.1) is 0 Å². The second-order valence-corrected chi connectivity index (χ2v) is 6.75. The molecule has 1 aliphatic rings. The van der Waals surface area contributed by atoms with Crippen LogP contribution in [0.25, 0.3) is 0 Å². The topological polar surface area (TPSA) is 57.6 Å². The zero-order chi connectivity index (χ0) is 18.8. The predicted molar refractivity (Wildman–Crippen MR) is 104 cm³/mol. The van der Waals surface area contributed by atoms with Crippen LogP contribution in [0.15, 0.2) is 48.6 Å². The van der Waals surface area contributed by atoms with Crippen LogP contribution in [0.5, 0.6) is 0 Å². The van der Waals surface area contributed by atoms with Crippen LogP contribution in [0.2, 0.25) is 0 Å². The van der Waals surface area contributed by atoms with Gasteiger partial charge in [0.2, 0.25) is 5.91 Å². The summed E-state index contributed by atoms with van der Waals surface area (Å²) in [5.74, 6) is -0.673. The average Bonchev–Trinajstić information content (AvgIpc) is 2.98. The number of carbonyl (C=O) groups is 2. The van der Waals surface area contributed by atoms with Crippen molar-refractivity contribution < 1.29 is 14.7 Å². The summed E-state index contributed by atoms with van der Waals surface area (Å²) in [6, 6.07) is 7.18. The van der Waals surface area contributed by atoms with Gasteiger partial charge in [0.25, 0.3) is 0 Å². The second-order valence-electron chi connectivity index (χ2n) is 6.75. The van der Waals surface area contributed by atoms with Crippen molar-refractivity contribution >= 4 is 11.9 Å². The van der Waals surface area contributed by atoms with Gasteiger partial charge in [0.05, 0.1) is 11.6 Å². The van der Waals surface area contributed by atoms with Gasteiger partial charge in [-0.25, -0.2) is 4.79 Å². The van der Waals surface area contributed by atoms with Gasteiger partial charge < -0.3 is 10.0 Å². The molecule has 4 heteroatoms. The van der Waals surface area contributed by atoms with Gasteiger partial charge in [-0.2, -0.15) is 0 Å². The SMILES string of the molecule is CCCCC=C/C=C\[C@H]1CCC(=O)N1CCCc1ccc(C(=O)O)cc1. The zero-order valence-electron chi connectivity index (χ0n) is 15.6. The number of carbonyl (C=O) groups excluding carboxylic acids is 1. The number of aryl methyl sites for hydroxylation is 1. The summed E-state index contributed by atoms with van der Waals surface area (Å²) in [5, 5.41) is 8.93. The highest BCUT2D eigenvalue weighted by molar-refractivity contribution is 5.87. The van der Waals surface area contributed by atoms with E-state index in [-0.39, 0.29) is 11.9 Å². The largest absolute Gasteiger partial charge is 0.478 e. The van der Waals surface area contributed by atoms with Crippen LogP contribution in [0.3, 0.4) is 0 Å². The second kappa shape index (κ2) is 10.6. The van der Waals surface area contributed by atoms with E-state index in [1.165, 1.54) is 12.8 Å². The third-order valence-electron chi connectivity index (χ3n) is 4.74. The van der Waals surface area contributed by atoms with Crippen molar-refractivity contribution in [1.82, 2.24) is 4.90 Å². The molecule has 0 saturated carbocycles. The van der Waals surface area contributed by atoms with E-state index in [0.29, 0.717) is 12.0 Å². The molecule has 0 bridgehead atoms.